The van der Waals surface area contributed by atoms with Crippen molar-refractivity contribution in [2.24, 2.45) is 5.92 Å². The molecule has 4 heterocycles. The third-order valence-corrected chi connectivity index (χ3v) is 21.0. The number of likely N-dealkylation sites (N-methyl/N-ethyl adjacent to an activating group) is 4. The number of carbonyl (C=O) groups excluding carboxylic acids is 2. The Hall–Kier alpha value is -4.62. The monoisotopic (exact) mass is 1180 g/mol. The van der Waals surface area contributed by atoms with E-state index in [1.807, 2.05) is 43.8 Å². The number of halogens is 2. The number of likely N-dealkylation sites (tertiary alicyclic amines) is 4. The fourth-order valence-corrected chi connectivity index (χ4v) is 16.3. The molecule has 8 atom stereocenters. The largest absolute Gasteiger partial charge is 0.337 e. The predicted molar refractivity (Wildman–Crippen MR) is 347 cm³/mol. The molecule has 13 rings (SSSR count). The van der Waals surface area contributed by atoms with E-state index in [4.69, 9.17) is 23.2 Å². The number of aryl methyl sites for hydroxylation is 2. The molecule has 0 bridgehead atoms. The van der Waals surface area contributed by atoms with Crippen LogP contribution in [0.2, 0.25) is 10.0 Å². The van der Waals surface area contributed by atoms with Crippen molar-refractivity contribution in [1.82, 2.24) is 40.0 Å². The summed E-state index contributed by atoms with van der Waals surface area (Å²) in [5.74, 6) is 0.428. The summed E-state index contributed by atoms with van der Waals surface area (Å²) in [6, 6.07) is 44.3. The van der Waals surface area contributed by atoms with Gasteiger partial charge in [0.05, 0.1) is 28.5 Å². The molecule has 0 saturated carbocycles. The Morgan fingerprint density at radius 3 is 1.39 bits per heavy atom. The number of benzene rings is 5. The van der Waals surface area contributed by atoms with E-state index >= 15 is 0 Å². The predicted octanol–water partition coefficient (Wildman–Crippen LogP) is 13.1. The van der Waals surface area contributed by atoms with Gasteiger partial charge in [-0.1, -0.05) is 140 Å². The Morgan fingerprint density at radius 2 is 0.869 bits per heavy atom. The molecule has 0 unspecified atom stereocenters. The maximum atomic E-state index is 13.3. The first-order valence-electron chi connectivity index (χ1n) is 32.5. The van der Waals surface area contributed by atoms with Gasteiger partial charge in [-0.15, -0.1) is 0 Å². The molecule has 4 aliphatic carbocycles. The van der Waals surface area contributed by atoms with Crippen LogP contribution in [0.5, 0.6) is 0 Å². The van der Waals surface area contributed by atoms with Crippen molar-refractivity contribution < 1.29 is 9.59 Å². The Balaban J connectivity index is 0.000000128. The molecule has 2 N–H and O–H groups in total. The SMILES string of the molecule is CC(C)C(=O)N(C)[C@@H]1c2ccccc2C[C@H]1N1CCCC1.CN(C(=O)Cc1ccc(Cl)c(Cl)c1)[C@H]1c2ccccc2CCC[C@@H]1N1CCCC1.CN[C@@H]1c2ccccc2C[C@H]1N1CCCC1.CN[C@H]1c2ccccc2CCC[C@@H]1N1CCCC1. The van der Waals surface area contributed by atoms with Gasteiger partial charge in [-0.3, -0.25) is 29.2 Å². The van der Waals surface area contributed by atoms with Crippen LogP contribution in [-0.2, 0) is 41.7 Å². The molecule has 4 aliphatic heterocycles. The summed E-state index contributed by atoms with van der Waals surface area (Å²) in [5, 5.41) is 8.10. The van der Waals surface area contributed by atoms with E-state index in [-0.39, 0.29) is 29.8 Å². The normalized spacial score (nSPS) is 25.8. The van der Waals surface area contributed by atoms with E-state index in [1.165, 1.54) is 156 Å². The van der Waals surface area contributed by atoms with Gasteiger partial charge in [0.15, 0.2) is 0 Å². The number of rotatable bonds is 11. The topological polar surface area (TPSA) is 77.6 Å². The van der Waals surface area contributed by atoms with Gasteiger partial charge < -0.3 is 20.4 Å². The number of carbonyl (C=O) groups is 2. The lowest BCUT2D eigenvalue weighted by Gasteiger charge is -2.39. The third kappa shape index (κ3) is 14.5. The highest BCUT2D eigenvalue weighted by atomic mass is 35.5. The number of nitrogens with one attached hydrogen (secondary N) is 2. The summed E-state index contributed by atoms with van der Waals surface area (Å²) in [5.41, 5.74) is 12.5. The van der Waals surface area contributed by atoms with Crippen molar-refractivity contribution in [1.29, 1.82) is 0 Å². The van der Waals surface area contributed by atoms with Crippen LogP contribution in [0.25, 0.3) is 0 Å². The standard InChI is InChI=1S/C24H28Cl2N2O.C18H26N2O.C16H24N2.C14H20N2/c1-27(23(29)16-17-11-12-20(25)21(26)15-17)24-19-9-3-2-7-18(19)8-6-10-22(24)28-13-4-5-14-28;1-13(2)18(21)19(3)17-15-9-5-4-8-14(15)12-16(17)20-10-6-7-11-20;1-17-16-14-9-3-2-7-13(14)8-6-10-15(16)18-11-4-5-12-18;1-15-14-12-7-3-2-6-11(12)10-13(14)16-8-4-5-9-16/h2-3,7,9,11-12,15,22,24H,4-6,8,10,13-14,16H2,1H3;4-5,8-9,13,16-17H,6-7,10-12H2,1-3H3;2-3,7,9,15-17H,4-6,8,10-12H2,1H3;2-3,6-7,13-15H,4-5,8-10H2,1H3/t22-,24-;16-,17-;15-,16-;13-,14-/m0101/s1. The van der Waals surface area contributed by atoms with E-state index in [9.17, 15) is 9.59 Å². The van der Waals surface area contributed by atoms with Crippen molar-refractivity contribution >= 4 is 35.0 Å². The van der Waals surface area contributed by atoms with Crippen molar-refractivity contribution in [3.05, 3.63) is 175 Å². The number of fused-ring (bicyclic) bond motifs is 4. The van der Waals surface area contributed by atoms with Crippen molar-refractivity contribution in [2.45, 2.75) is 171 Å². The zero-order chi connectivity index (χ0) is 58.7. The molecule has 8 aliphatic rings. The molecule has 452 valence electrons. The molecule has 10 nitrogen and oxygen atoms in total. The summed E-state index contributed by atoms with van der Waals surface area (Å²) in [7, 11) is 8.17. The fourth-order valence-electron chi connectivity index (χ4n) is 16.0. The van der Waals surface area contributed by atoms with Gasteiger partial charge in [0.1, 0.15) is 0 Å². The van der Waals surface area contributed by atoms with Crippen LogP contribution in [0.1, 0.15) is 165 Å². The zero-order valence-electron chi connectivity index (χ0n) is 51.6. The Morgan fingerprint density at radius 1 is 0.476 bits per heavy atom. The Bertz CT molecular complexity index is 2930. The highest BCUT2D eigenvalue weighted by molar-refractivity contribution is 6.42. The van der Waals surface area contributed by atoms with Crippen LogP contribution in [0, 0.1) is 5.92 Å². The van der Waals surface area contributed by atoms with Crippen LogP contribution in [-0.4, -0.2) is 146 Å². The lowest BCUT2D eigenvalue weighted by Crippen LogP contribution is -2.46. The van der Waals surface area contributed by atoms with Gasteiger partial charge in [-0.2, -0.15) is 0 Å². The molecule has 4 fully saturated rings. The van der Waals surface area contributed by atoms with Crippen LogP contribution >= 0.6 is 23.2 Å². The van der Waals surface area contributed by atoms with Gasteiger partial charge in [-0.25, -0.2) is 0 Å². The molecule has 84 heavy (non-hydrogen) atoms. The second-order valence-electron chi connectivity index (χ2n) is 25.7. The smallest absolute Gasteiger partial charge is 0.227 e. The van der Waals surface area contributed by atoms with E-state index < -0.39 is 0 Å². The molecular weight excluding hydrogens is 1080 g/mol. The molecule has 0 aromatic heterocycles. The van der Waals surface area contributed by atoms with Gasteiger partial charge in [0, 0.05) is 56.3 Å². The molecule has 0 spiro atoms. The number of hydrogen-bond donors (Lipinski definition) is 2. The van der Waals surface area contributed by atoms with Gasteiger partial charge >= 0.3 is 0 Å². The van der Waals surface area contributed by atoms with Crippen molar-refractivity contribution in [3.8, 4) is 0 Å². The highest BCUT2D eigenvalue weighted by Crippen LogP contribution is 2.42. The number of amides is 2. The van der Waals surface area contributed by atoms with Crippen molar-refractivity contribution in [2.75, 3.05) is 80.5 Å². The maximum absolute atomic E-state index is 13.3. The first-order valence-corrected chi connectivity index (χ1v) is 33.3. The average molecular weight is 1180 g/mol. The van der Waals surface area contributed by atoms with E-state index in [0.717, 1.165) is 37.9 Å². The summed E-state index contributed by atoms with van der Waals surface area (Å²) in [6.07, 6.45) is 20.6. The molecule has 4 saturated heterocycles. The fraction of sp³-hybridized carbons (Fsp3) is 0.556. The average Bonchev–Trinajstić information content (AvgIpc) is 4.57. The summed E-state index contributed by atoms with van der Waals surface area (Å²) in [4.78, 5) is 40.4. The minimum atomic E-state index is 0.0574. The molecule has 12 heteroatoms. The second-order valence-corrected chi connectivity index (χ2v) is 26.5. The molecule has 5 aromatic carbocycles. The molecule has 0 radical (unpaired) electrons. The van der Waals surface area contributed by atoms with Crippen LogP contribution in [0.3, 0.4) is 0 Å². The zero-order valence-corrected chi connectivity index (χ0v) is 53.1. The second kappa shape index (κ2) is 29.9. The summed E-state index contributed by atoms with van der Waals surface area (Å²) >= 11 is 12.2. The molecule has 5 aromatic rings. The molecule has 2 amide bonds. The first-order chi connectivity index (χ1) is 40.9. The van der Waals surface area contributed by atoms with E-state index in [2.05, 4.69) is 141 Å². The lowest BCUT2D eigenvalue weighted by atomic mass is 9.93. The number of hydrogen-bond acceptors (Lipinski definition) is 8. The minimum absolute atomic E-state index is 0.0574. The Kier molecular flexibility index (Phi) is 22.2. The van der Waals surface area contributed by atoms with Gasteiger partial charge in [0.25, 0.3) is 0 Å². The van der Waals surface area contributed by atoms with Crippen LogP contribution in [0.4, 0.5) is 0 Å². The lowest BCUT2D eigenvalue weighted by molar-refractivity contribution is -0.136. The molecular formula is C72H98Cl2N8O2. The number of nitrogens with zero attached hydrogens (tertiary/aromatic N) is 6. The summed E-state index contributed by atoms with van der Waals surface area (Å²) in [6.45, 7) is 13.8. The van der Waals surface area contributed by atoms with Crippen molar-refractivity contribution in [3.63, 3.8) is 0 Å². The van der Waals surface area contributed by atoms with Crippen LogP contribution in [0.15, 0.2) is 115 Å². The highest BCUT2D eigenvalue weighted by Gasteiger charge is 2.42. The van der Waals surface area contributed by atoms with Gasteiger partial charge in [0.2, 0.25) is 11.8 Å². The summed E-state index contributed by atoms with van der Waals surface area (Å²) < 4.78 is 0. The van der Waals surface area contributed by atoms with E-state index in [1.54, 1.807) is 23.3 Å². The minimum Gasteiger partial charge on any atom is -0.337 e. The quantitative estimate of drug-likeness (QED) is 0.127. The third-order valence-electron chi connectivity index (χ3n) is 20.2. The Labute approximate surface area is 515 Å². The first kappa shape index (κ1) is 62.4. The maximum Gasteiger partial charge on any atom is 0.227 e. The van der Waals surface area contributed by atoms with E-state index in [0.29, 0.717) is 52.7 Å². The van der Waals surface area contributed by atoms with Gasteiger partial charge in [-0.05, 0) is 231 Å². The van der Waals surface area contributed by atoms with Crippen LogP contribution < -0.4 is 10.6 Å².